The molecule has 3 aliphatic rings. The fourth-order valence-electron chi connectivity index (χ4n) is 5.04. The Morgan fingerprint density at radius 1 is 1.16 bits per heavy atom. The van der Waals surface area contributed by atoms with Crippen LogP contribution in [0.15, 0.2) is 30.5 Å². The van der Waals surface area contributed by atoms with Gasteiger partial charge in [-0.2, -0.15) is 0 Å². The molecular weight excluding hydrogens is 436 g/mol. The molecule has 168 valence electrons. The minimum absolute atomic E-state index is 0.0182. The molecule has 2 aliphatic carbocycles. The Hall–Kier alpha value is -2.54. The molecule has 1 saturated heterocycles. The first-order valence-corrected chi connectivity index (χ1v) is 11.4. The lowest BCUT2D eigenvalue weighted by Crippen LogP contribution is -2.51. The molecule has 4 atom stereocenters. The number of nitrogens with one attached hydrogen (secondary N) is 1. The van der Waals surface area contributed by atoms with Gasteiger partial charge in [-0.05, 0) is 80.7 Å². The zero-order valence-electron chi connectivity index (χ0n) is 17.7. The smallest absolute Gasteiger partial charge is 0.273 e. The Labute approximate surface area is 190 Å². The molecule has 1 N–H and O–H groups in total. The lowest BCUT2D eigenvalue weighted by molar-refractivity contribution is -0.126. The van der Waals surface area contributed by atoms with Gasteiger partial charge in [0.05, 0.1) is 11.1 Å². The first-order valence-electron chi connectivity index (χ1n) is 11.0. The van der Waals surface area contributed by atoms with Crippen LogP contribution in [0, 0.1) is 30.4 Å². The summed E-state index contributed by atoms with van der Waals surface area (Å²) in [5.41, 5.74) is 1.34. The van der Waals surface area contributed by atoms with Crippen LogP contribution in [0.5, 0.6) is 0 Å². The summed E-state index contributed by atoms with van der Waals surface area (Å²) in [7, 11) is 0. The van der Waals surface area contributed by atoms with Crippen molar-refractivity contribution in [2.75, 3.05) is 0 Å². The molecule has 5 nitrogen and oxygen atoms in total. The van der Waals surface area contributed by atoms with Gasteiger partial charge in [-0.15, -0.1) is 0 Å². The van der Waals surface area contributed by atoms with Gasteiger partial charge in [0.2, 0.25) is 5.91 Å². The third-order valence-corrected chi connectivity index (χ3v) is 7.32. The molecule has 1 aromatic heterocycles. The molecule has 2 saturated carbocycles. The highest BCUT2D eigenvalue weighted by molar-refractivity contribution is 6.30. The van der Waals surface area contributed by atoms with Gasteiger partial charge in [-0.1, -0.05) is 11.6 Å². The Kier molecular flexibility index (Phi) is 5.40. The quantitative estimate of drug-likeness (QED) is 0.665. The van der Waals surface area contributed by atoms with Crippen molar-refractivity contribution in [1.82, 2.24) is 15.2 Å². The number of hydrogen-bond acceptors (Lipinski definition) is 3. The van der Waals surface area contributed by atoms with E-state index in [1.165, 1.54) is 0 Å². The second-order valence-electron chi connectivity index (χ2n) is 9.20. The number of carbonyl (C=O) groups excluding carboxylic acids is 2. The summed E-state index contributed by atoms with van der Waals surface area (Å²) in [5.74, 6) is -1.63. The average molecular weight is 460 g/mol. The largest absolute Gasteiger partial charge is 0.347 e. The number of fused-ring (bicyclic) bond motifs is 1. The van der Waals surface area contributed by atoms with E-state index in [-0.39, 0.29) is 40.3 Å². The van der Waals surface area contributed by atoms with Gasteiger partial charge in [0.15, 0.2) is 0 Å². The van der Waals surface area contributed by atoms with Gasteiger partial charge in [0.25, 0.3) is 5.91 Å². The molecule has 32 heavy (non-hydrogen) atoms. The van der Waals surface area contributed by atoms with E-state index in [0.29, 0.717) is 12.1 Å². The Morgan fingerprint density at radius 3 is 2.59 bits per heavy atom. The van der Waals surface area contributed by atoms with Gasteiger partial charge in [0.1, 0.15) is 23.4 Å². The molecule has 2 aromatic rings. The lowest BCUT2D eigenvalue weighted by atomic mass is 9.80. The highest BCUT2D eigenvalue weighted by Crippen LogP contribution is 2.46. The predicted octanol–water partition coefficient (Wildman–Crippen LogP) is 4.58. The number of benzene rings is 1. The van der Waals surface area contributed by atoms with Crippen molar-refractivity contribution < 1.29 is 18.4 Å². The molecule has 8 heteroatoms. The molecule has 1 aromatic carbocycles. The van der Waals surface area contributed by atoms with Gasteiger partial charge >= 0.3 is 0 Å². The normalized spacial score (nSPS) is 25.1. The monoisotopic (exact) mass is 459 g/mol. The predicted molar refractivity (Wildman–Crippen MR) is 115 cm³/mol. The van der Waals surface area contributed by atoms with Crippen molar-refractivity contribution in [1.29, 1.82) is 0 Å². The Balaban J connectivity index is 1.41. The lowest BCUT2D eigenvalue weighted by Gasteiger charge is -2.37. The number of hydrogen-bond donors (Lipinski definition) is 1. The van der Waals surface area contributed by atoms with Crippen LogP contribution < -0.4 is 5.32 Å². The number of carbonyl (C=O) groups is 2. The van der Waals surface area contributed by atoms with Crippen molar-refractivity contribution >= 4 is 23.4 Å². The number of aryl methyl sites for hydroxylation is 1. The van der Waals surface area contributed by atoms with E-state index in [1.54, 1.807) is 17.2 Å². The zero-order valence-corrected chi connectivity index (χ0v) is 18.4. The number of nitrogens with zero attached hydrogens (tertiary/aromatic N) is 2. The minimum atomic E-state index is -0.718. The van der Waals surface area contributed by atoms with E-state index in [4.69, 9.17) is 11.6 Å². The van der Waals surface area contributed by atoms with Crippen molar-refractivity contribution in [3.63, 3.8) is 0 Å². The summed E-state index contributed by atoms with van der Waals surface area (Å²) in [5, 5.41) is 2.65. The zero-order chi connectivity index (χ0) is 22.6. The summed E-state index contributed by atoms with van der Waals surface area (Å²) in [6.45, 7) is 1.89. The standard InChI is InChI=1S/C24H24ClF2N3O2/c1-12-6-7-28-19(8-12)24(32)30-20-5-4-14(20)9-21(30)23(31)29-22(13-2-3-13)15-10-18(27)16(25)11-17(15)26/h6-8,10-11,13-14,20-22H,2-5,9H2,1H3,(H,29,31)/t14-,20-,21-,22-/m1/s1. The topological polar surface area (TPSA) is 62.3 Å². The second kappa shape index (κ2) is 8.10. The van der Waals surface area contributed by atoms with Crippen LogP contribution in [0.3, 0.4) is 0 Å². The molecule has 3 fully saturated rings. The van der Waals surface area contributed by atoms with Gasteiger partial charge < -0.3 is 10.2 Å². The number of aromatic nitrogens is 1. The number of amides is 2. The molecule has 2 heterocycles. The van der Waals surface area contributed by atoms with E-state index >= 15 is 0 Å². The number of pyridine rings is 1. The van der Waals surface area contributed by atoms with Gasteiger partial charge in [-0.25, -0.2) is 8.78 Å². The third-order valence-electron chi connectivity index (χ3n) is 7.03. The van der Waals surface area contributed by atoms with E-state index in [2.05, 4.69) is 10.3 Å². The summed E-state index contributed by atoms with van der Waals surface area (Å²) >= 11 is 5.71. The maximum atomic E-state index is 14.6. The molecule has 0 bridgehead atoms. The summed E-state index contributed by atoms with van der Waals surface area (Å²) in [6, 6.07) is 4.27. The van der Waals surface area contributed by atoms with Crippen LogP contribution in [0.25, 0.3) is 0 Å². The molecule has 5 rings (SSSR count). The van der Waals surface area contributed by atoms with E-state index in [0.717, 1.165) is 43.4 Å². The number of rotatable bonds is 5. The van der Waals surface area contributed by atoms with E-state index in [9.17, 15) is 18.4 Å². The van der Waals surface area contributed by atoms with Crippen LogP contribution in [-0.2, 0) is 4.79 Å². The third kappa shape index (κ3) is 3.76. The fourth-order valence-corrected chi connectivity index (χ4v) is 5.19. The molecule has 0 spiro atoms. The molecule has 0 unspecified atom stereocenters. The Morgan fingerprint density at radius 2 is 1.94 bits per heavy atom. The van der Waals surface area contributed by atoms with Crippen LogP contribution >= 0.6 is 11.6 Å². The molecule has 1 aliphatic heterocycles. The van der Waals surface area contributed by atoms with E-state index in [1.807, 2.05) is 13.0 Å². The fraction of sp³-hybridized carbons (Fsp3) is 0.458. The molecular formula is C24H24ClF2N3O2. The summed E-state index contributed by atoms with van der Waals surface area (Å²) < 4.78 is 28.7. The van der Waals surface area contributed by atoms with Gasteiger partial charge in [-0.3, -0.25) is 14.6 Å². The summed E-state index contributed by atoms with van der Waals surface area (Å²) in [6.07, 6.45) is 5.63. The summed E-state index contributed by atoms with van der Waals surface area (Å²) in [4.78, 5) is 32.6. The number of halogens is 3. The highest BCUT2D eigenvalue weighted by Gasteiger charge is 2.52. The first kappa shape index (κ1) is 21.3. The van der Waals surface area contributed by atoms with E-state index < -0.39 is 23.7 Å². The highest BCUT2D eigenvalue weighted by atomic mass is 35.5. The SMILES string of the molecule is Cc1ccnc(C(=O)N2[C@@H](C(=O)N[C@@H](c3cc(F)c(Cl)cc3F)C3CC3)C[C@H]3CC[C@H]32)c1. The van der Waals surface area contributed by atoms with Crippen molar-refractivity contribution in [3.8, 4) is 0 Å². The second-order valence-corrected chi connectivity index (χ2v) is 9.61. The van der Waals surface area contributed by atoms with Crippen molar-refractivity contribution in [3.05, 3.63) is 63.9 Å². The van der Waals surface area contributed by atoms with Crippen LogP contribution in [0.4, 0.5) is 8.78 Å². The maximum Gasteiger partial charge on any atom is 0.273 e. The van der Waals surface area contributed by atoms with Crippen LogP contribution in [-0.4, -0.2) is 33.8 Å². The molecule has 2 amide bonds. The van der Waals surface area contributed by atoms with Crippen LogP contribution in [0.2, 0.25) is 5.02 Å². The van der Waals surface area contributed by atoms with Crippen LogP contribution in [0.1, 0.15) is 59.8 Å². The average Bonchev–Trinajstić information content (AvgIpc) is 3.54. The number of likely N-dealkylation sites (tertiary alicyclic amines) is 1. The Bertz CT molecular complexity index is 1090. The minimum Gasteiger partial charge on any atom is -0.347 e. The molecule has 0 radical (unpaired) electrons. The maximum absolute atomic E-state index is 14.6. The first-order chi connectivity index (χ1) is 15.3. The van der Waals surface area contributed by atoms with Crippen molar-refractivity contribution in [2.45, 2.75) is 57.2 Å². The van der Waals surface area contributed by atoms with Crippen molar-refractivity contribution in [2.24, 2.45) is 11.8 Å². The van der Waals surface area contributed by atoms with Gasteiger partial charge in [0, 0.05) is 17.8 Å².